The third-order valence-corrected chi connectivity index (χ3v) is 4.03. The fraction of sp³-hybridized carbons (Fsp3) is 0.923. The first-order valence-corrected chi connectivity index (χ1v) is 6.24. The van der Waals surface area contributed by atoms with E-state index in [1.165, 1.54) is 38.8 Å². The second kappa shape index (κ2) is 4.14. The third kappa shape index (κ3) is 2.03. The van der Waals surface area contributed by atoms with Gasteiger partial charge in [-0.25, -0.2) is 6.57 Å². The Kier molecular flexibility index (Phi) is 3.02. The fourth-order valence-corrected chi connectivity index (χ4v) is 3.75. The summed E-state index contributed by atoms with van der Waals surface area (Å²) in [6, 6.07) is 0. The summed E-state index contributed by atoms with van der Waals surface area (Å²) in [4.78, 5) is 6.26. The van der Waals surface area contributed by atoms with Gasteiger partial charge < -0.3 is 4.85 Å². The number of fused-ring (bicyclic) bond motifs is 1. The molecule has 84 valence electrons. The summed E-state index contributed by atoms with van der Waals surface area (Å²) >= 11 is 0. The molecule has 0 aliphatic carbocycles. The van der Waals surface area contributed by atoms with Crippen molar-refractivity contribution in [3.63, 3.8) is 0 Å². The van der Waals surface area contributed by atoms with Crippen LogP contribution in [0, 0.1) is 18.4 Å². The van der Waals surface area contributed by atoms with Crippen molar-refractivity contribution >= 4 is 0 Å². The third-order valence-electron chi connectivity index (χ3n) is 4.03. The van der Waals surface area contributed by atoms with Crippen LogP contribution < -0.4 is 0 Å². The van der Waals surface area contributed by atoms with Crippen molar-refractivity contribution in [2.75, 3.05) is 19.6 Å². The van der Waals surface area contributed by atoms with Crippen molar-refractivity contribution in [1.82, 2.24) is 4.90 Å². The van der Waals surface area contributed by atoms with Gasteiger partial charge in [-0.1, -0.05) is 13.8 Å². The number of rotatable bonds is 3. The first-order chi connectivity index (χ1) is 7.16. The molecule has 2 aliphatic rings. The molecule has 2 rings (SSSR count). The van der Waals surface area contributed by atoms with Crippen LogP contribution in [0.25, 0.3) is 4.85 Å². The Morgan fingerprint density at radius 3 is 3.00 bits per heavy atom. The Morgan fingerprint density at radius 2 is 2.33 bits per heavy atom. The van der Waals surface area contributed by atoms with Crippen molar-refractivity contribution in [2.24, 2.45) is 11.8 Å². The second-order valence-corrected chi connectivity index (χ2v) is 5.78. The Labute approximate surface area is 93.5 Å². The van der Waals surface area contributed by atoms with E-state index < -0.39 is 0 Å². The zero-order chi connectivity index (χ0) is 10.9. The van der Waals surface area contributed by atoms with Gasteiger partial charge in [0.05, 0.1) is 0 Å². The highest BCUT2D eigenvalue weighted by Crippen LogP contribution is 2.45. The summed E-state index contributed by atoms with van der Waals surface area (Å²) in [7, 11) is 0. The quantitative estimate of drug-likeness (QED) is 0.644. The normalized spacial score (nSPS) is 35.7. The zero-order valence-corrected chi connectivity index (χ0v) is 10.00. The lowest BCUT2D eigenvalue weighted by molar-refractivity contribution is 0.163. The van der Waals surface area contributed by atoms with E-state index in [4.69, 9.17) is 6.57 Å². The molecule has 2 fully saturated rings. The molecule has 0 aromatic carbocycles. The largest absolute Gasteiger partial charge is 0.317 e. The molecule has 2 aliphatic heterocycles. The van der Waals surface area contributed by atoms with Crippen molar-refractivity contribution in [3.8, 4) is 0 Å². The molecule has 2 saturated heterocycles. The van der Waals surface area contributed by atoms with E-state index in [9.17, 15) is 0 Å². The molecule has 0 aromatic rings. The molecule has 0 amide bonds. The van der Waals surface area contributed by atoms with Crippen molar-refractivity contribution in [3.05, 3.63) is 11.4 Å². The van der Waals surface area contributed by atoms with Crippen LogP contribution in [0.1, 0.15) is 39.5 Å². The van der Waals surface area contributed by atoms with Gasteiger partial charge >= 0.3 is 0 Å². The summed E-state index contributed by atoms with van der Waals surface area (Å²) in [6.45, 7) is 14.9. The standard InChI is InChI=1S/C13H22N2/c1-11(2)7-13-5-4-6-15(13)10-12(8-13)9-14-3/h11-12H,4-10H2,1-2H3/t12-,13+/m0/s1. The Morgan fingerprint density at radius 1 is 1.53 bits per heavy atom. The van der Waals surface area contributed by atoms with Crippen molar-refractivity contribution in [2.45, 2.75) is 45.1 Å². The summed E-state index contributed by atoms with van der Waals surface area (Å²) in [5, 5.41) is 0. The maximum absolute atomic E-state index is 6.99. The highest BCUT2D eigenvalue weighted by atomic mass is 15.2. The predicted octanol–water partition coefficient (Wildman–Crippen LogP) is 2.81. The molecular formula is C13H22N2. The van der Waals surface area contributed by atoms with Gasteiger partial charge in [0, 0.05) is 18.0 Å². The number of hydrogen-bond donors (Lipinski definition) is 0. The van der Waals surface area contributed by atoms with Crippen LogP contribution in [0.2, 0.25) is 0 Å². The Hall–Kier alpha value is -0.550. The molecule has 0 bridgehead atoms. The molecule has 2 heteroatoms. The van der Waals surface area contributed by atoms with Crippen molar-refractivity contribution < 1.29 is 0 Å². The second-order valence-electron chi connectivity index (χ2n) is 5.78. The van der Waals surface area contributed by atoms with Crippen molar-refractivity contribution in [1.29, 1.82) is 0 Å². The molecule has 0 N–H and O–H groups in total. The molecule has 2 atom stereocenters. The predicted molar refractivity (Wildman–Crippen MR) is 62.6 cm³/mol. The molecule has 2 nitrogen and oxygen atoms in total. The minimum atomic E-state index is 0.490. The molecule has 0 saturated carbocycles. The molecule has 2 heterocycles. The van der Waals surface area contributed by atoms with Gasteiger partial charge in [0.15, 0.2) is 0 Å². The van der Waals surface area contributed by atoms with Crippen LogP contribution >= 0.6 is 0 Å². The first kappa shape index (κ1) is 11.0. The lowest BCUT2D eigenvalue weighted by atomic mass is 9.83. The van der Waals surface area contributed by atoms with Crippen LogP contribution in [0.3, 0.4) is 0 Å². The van der Waals surface area contributed by atoms with Crippen LogP contribution in [0.15, 0.2) is 0 Å². The Balaban J connectivity index is 2.05. The molecule has 15 heavy (non-hydrogen) atoms. The SMILES string of the molecule is [C-]#[N+]C[C@H]1CN2CCC[C@@]2(CC(C)C)C1. The van der Waals surface area contributed by atoms with Gasteiger partial charge in [-0.15, -0.1) is 0 Å². The highest BCUT2D eigenvalue weighted by molar-refractivity contribution is 5.04. The average Bonchev–Trinajstić information content (AvgIpc) is 2.59. The lowest BCUT2D eigenvalue weighted by Crippen LogP contribution is -2.39. The number of hydrogen-bond acceptors (Lipinski definition) is 1. The molecular weight excluding hydrogens is 184 g/mol. The average molecular weight is 206 g/mol. The lowest BCUT2D eigenvalue weighted by Gasteiger charge is -2.33. The van der Waals surface area contributed by atoms with E-state index in [-0.39, 0.29) is 0 Å². The van der Waals surface area contributed by atoms with E-state index in [2.05, 4.69) is 23.6 Å². The molecule has 0 spiro atoms. The van der Waals surface area contributed by atoms with Crippen LogP contribution in [0.4, 0.5) is 0 Å². The zero-order valence-electron chi connectivity index (χ0n) is 10.00. The summed E-state index contributed by atoms with van der Waals surface area (Å²) in [6.07, 6.45) is 5.37. The first-order valence-electron chi connectivity index (χ1n) is 6.24. The van der Waals surface area contributed by atoms with Gasteiger partial charge in [-0.3, -0.25) is 4.90 Å². The smallest absolute Gasteiger partial charge is 0.218 e. The summed E-state index contributed by atoms with van der Waals surface area (Å²) < 4.78 is 0. The van der Waals surface area contributed by atoms with Gasteiger partial charge in [0.1, 0.15) is 0 Å². The van der Waals surface area contributed by atoms with Crippen LogP contribution in [-0.2, 0) is 0 Å². The molecule has 0 radical (unpaired) electrons. The van der Waals surface area contributed by atoms with E-state index in [1.807, 2.05) is 0 Å². The number of nitrogens with zero attached hydrogens (tertiary/aromatic N) is 2. The van der Waals surface area contributed by atoms with Gasteiger partial charge in [-0.2, -0.15) is 0 Å². The topological polar surface area (TPSA) is 7.60 Å². The van der Waals surface area contributed by atoms with Gasteiger partial charge in [0.2, 0.25) is 6.54 Å². The minimum Gasteiger partial charge on any atom is -0.317 e. The van der Waals surface area contributed by atoms with E-state index in [0.29, 0.717) is 11.5 Å². The van der Waals surface area contributed by atoms with Gasteiger partial charge in [-0.05, 0) is 38.1 Å². The van der Waals surface area contributed by atoms with E-state index in [0.717, 1.165) is 12.5 Å². The summed E-state index contributed by atoms with van der Waals surface area (Å²) in [5.41, 5.74) is 0.490. The Bertz CT molecular complexity index is 266. The molecule has 0 unspecified atom stereocenters. The monoisotopic (exact) mass is 206 g/mol. The van der Waals surface area contributed by atoms with E-state index >= 15 is 0 Å². The highest BCUT2D eigenvalue weighted by Gasteiger charge is 2.48. The maximum Gasteiger partial charge on any atom is 0.218 e. The fourth-order valence-electron chi connectivity index (χ4n) is 3.75. The van der Waals surface area contributed by atoms with Crippen LogP contribution in [0.5, 0.6) is 0 Å². The van der Waals surface area contributed by atoms with Gasteiger partial charge in [0.25, 0.3) is 0 Å². The molecule has 0 aromatic heterocycles. The summed E-state index contributed by atoms with van der Waals surface area (Å²) in [5.74, 6) is 1.44. The van der Waals surface area contributed by atoms with Crippen LogP contribution in [-0.4, -0.2) is 30.1 Å². The minimum absolute atomic E-state index is 0.490. The van der Waals surface area contributed by atoms with E-state index in [1.54, 1.807) is 0 Å². The maximum atomic E-state index is 6.99.